The summed E-state index contributed by atoms with van der Waals surface area (Å²) in [4.78, 5) is 22.9. The average molecular weight is 815 g/mol. The fourth-order valence-electron chi connectivity index (χ4n) is 7.84. The highest BCUT2D eigenvalue weighted by Gasteiger charge is 2.34. The van der Waals surface area contributed by atoms with Gasteiger partial charge in [0, 0.05) is 56.8 Å². The molecule has 0 spiro atoms. The molecule has 0 radical (unpaired) electrons. The third kappa shape index (κ3) is 23.9. The van der Waals surface area contributed by atoms with Crippen molar-refractivity contribution in [2.45, 2.75) is 194 Å². The molecule has 0 aliphatic carbocycles. The third-order valence-electron chi connectivity index (χ3n) is 12.1. The Morgan fingerprint density at radius 1 is 0.672 bits per heavy atom. The van der Waals surface area contributed by atoms with Gasteiger partial charge in [0.1, 0.15) is 5.60 Å². The minimum absolute atomic E-state index is 0.162. The van der Waals surface area contributed by atoms with Crippen molar-refractivity contribution in [3.8, 4) is 0 Å². The summed E-state index contributed by atoms with van der Waals surface area (Å²) in [7, 11) is 2.18. The van der Waals surface area contributed by atoms with E-state index in [0.29, 0.717) is 33.1 Å². The van der Waals surface area contributed by atoms with Gasteiger partial charge in [-0.05, 0) is 165 Å². The van der Waals surface area contributed by atoms with Crippen LogP contribution < -0.4 is 0 Å². The van der Waals surface area contributed by atoms with Crippen LogP contribution in [0, 0.1) is 46.3 Å². The zero-order chi connectivity index (χ0) is 44.8. The molecule has 5 heterocycles. The molecular formula is C51H98N4O3. The van der Waals surface area contributed by atoms with Crippen LogP contribution in [0.3, 0.4) is 0 Å². The molecule has 5 rings (SSSR count). The van der Waals surface area contributed by atoms with Crippen LogP contribution in [-0.2, 0) is 15.9 Å². The predicted octanol–water partition coefficient (Wildman–Crippen LogP) is 13.0. The Morgan fingerprint density at radius 3 is 1.45 bits per heavy atom. The lowest BCUT2D eigenvalue weighted by atomic mass is 9.75. The minimum Gasteiger partial charge on any atom is -0.444 e. The van der Waals surface area contributed by atoms with Crippen LogP contribution in [0.1, 0.15) is 181 Å². The van der Waals surface area contributed by atoms with Gasteiger partial charge in [0.05, 0.1) is 0 Å². The van der Waals surface area contributed by atoms with Crippen molar-refractivity contribution in [2.24, 2.45) is 39.4 Å². The molecule has 4 saturated heterocycles. The van der Waals surface area contributed by atoms with Crippen LogP contribution in [0.2, 0.25) is 0 Å². The molecule has 340 valence electrons. The number of nitrogens with zero attached hydrogens (tertiary/aromatic N) is 4. The number of carbonyl (C=O) groups excluding carboxylic acids is 1. The molecule has 1 amide bonds. The Morgan fingerprint density at radius 2 is 1.14 bits per heavy atom. The summed E-state index contributed by atoms with van der Waals surface area (Å²) in [5.41, 5.74) is 4.16. The van der Waals surface area contributed by atoms with Gasteiger partial charge in [0.2, 0.25) is 0 Å². The normalized spacial score (nSPS) is 19.8. The van der Waals surface area contributed by atoms with E-state index in [2.05, 4.69) is 138 Å². The summed E-state index contributed by atoms with van der Waals surface area (Å²) >= 11 is 0. The van der Waals surface area contributed by atoms with Crippen LogP contribution in [0.5, 0.6) is 0 Å². The lowest BCUT2D eigenvalue weighted by Gasteiger charge is -2.44. The summed E-state index contributed by atoms with van der Waals surface area (Å²) in [6, 6.07) is 4.23. The van der Waals surface area contributed by atoms with Crippen molar-refractivity contribution < 1.29 is 14.3 Å². The molecule has 0 saturated carbocycles. The van der Waals surface area contributed by atoms with E-state index in [9.17, 15) is 4.79 Å². The Hall–Kier alpha value is -1.70. The maximum absolute atomic E-state index is 11.9. The molecule has 58 heavy (non-hydrogen) atoms. The van der Waals surface area contributed by atoms with Crippen LogP contribution >= 0.6 is 0 Å². The molecule has 7 nitrogen and oxygen atoms in total. The van der Waals surface area contributed by atoms with Crippen LogP contribution in [0.15, 0.2) is 18.3 Å². The zero-order valence-corrected chi connectivity index (χ0v) is 42.3. The average Bonchev–Trinajstić information content (AvgIpc) is 3.07. The highest BCUT2D eigenvalue weighted by atomic mass is 16.6. The number of aromatic nitrogens is 1. The predicted molar refractivity (Wildman–Crippen MR) is 251 cm³/mol. The number of pyridine rings is 1. The number of hydrogen-bond donors (Lipinski definition) is 0. The molecule has 4 aliphatic rings. The van der Waals surface area contributed by atoms with Crippen LogP contribution in [0.4, 0.5) is 4.79 Å². The van der Waals surface area contributed by atoms with E-state index in [1.165, 1.54) is 63.8 Å². The number of aryl methyl sites for hydroxylation is 1. The quantitative estimate of drug-likeness (QED) is 0.281. The molecule has 1 aromatic rings. The number of hydrogen-bond acceptors (Lipinski definition) is 6. The first-order valence-corrected chi connectivity index (χ1v) is 23.2. The van der Waals surface area contributed by atoms with Crippen molar-refractivity contribution in [2.75, 3.05) is 59.5 Å². The Kier molecular flexibility index (Phi) is 22.0. The zero-order valence-electron chi connectivity index (χ0n) is 42.3. The second kappa shape index (κ2) is 23.5. The van der Waals surface area contributed by atoms with Crippen molar-refractivity contribution >= 4 is 6.09 Å². The molecular weight excluding hydrogens is 717 g/mol. The Labute approximate surface area is 361 Å². The Bertz CT molecular complexity index is 1210. The summed E-state index contributed by atoms with van der Waals surface area (Å²) in [5, 5.41) is 0. The van der Waals surface area contributed by atoms with Gasteiger partial charge in [-0.2, -0.15) is 0 Å². The maximum Gasteiger partial charge on any atom is 0.410 e. The molecule has 7 heteroatoms. The molecule has 0 bridgehead atoms. The molecule has 4 fully saturated rings. The SMILES string of the molecule is CC(C)(C)C1CCOCC1.CC(C)(C)N1CCCCC1.CC(C)(C)OC(=O)N1CCC(C(C)(C)C)CC1.CN1CC(C(C)(C)C)C1.Cc1ccc(CC(C)(C)C)cn1. The molecule has 0 N–H and O–H groups in total. The van der Waals surface area contributed by atoms with E-state index >= 15 is 0 Å². The third-order valence-corrected chi connectivity index (χ3v) is 12.1. The highest BCUT2D eigenvalue weighted by molar-refractivity contribution is 5.68. The Balaban J connectivity index is 0.000000370. The van der Waals surface area contributed by atoms with Gasteiger partial charge in [-0.25, -0.2) is 4.79 Å². The number of rotatable bonds is 1. The fourth-order valence-corrected chi connectivity index (χ4v) is 7.84. The summed E-state index contributed by atoms with van der Waals surface area (Å²) in [6.45, 7) is 51.0. The second-order valence-electron chi connectivity index (χ2n) is 24.4. The molecule has 1 aromatic heterocycles. The van der Waals surface area contributed by atoms with Gasteiger partial charge in [0.15, 0.2) is 0 Å². The van der Waals surface area contributed by atoms with E-state index in [0.717, 1.165) is 63.1 Å². The number of likely N-dealkylation sites (tertiary alicyclic amines) is 3. The van der Waals surface area contributed by atoms with Crippen LogP contribution in [-0.4, -0.2) is 96.4 Å². The van der Waals surface area contributed by atoms with E-state index in [-0.39, 0.29) is 6.09 Å². The molecule has 0 aromatic carbocycles. The fraction of sp³-hybridized carbons (Fsp3) is 0.882. The first kappa shape index (κ1) is 54.3. The molecule has 0 unspecified atom stereocenters. The largest absolute Gasteiger partial charge is 0.444 e. The van der Waals surface area contributed by atoms with Crippen molar-refractivity contribution in [1.29, 1.82) is 0 Å². The highest BCUT2D eigenvalue weighted by Crippen LogP contribution is 2.35. The topological polar surface area (TPSA) is 58.1 Å². The van der Waals surface area contributed by atoms with Gasteiger partial charge in [-0.1, -0.05) is 95.6 Å². The van der Waals surface area contributed by atoms with Gasteiger partial charge in [-0.3, -0.25) is 9.88 Å². The van der Waals surface area contributed by atoms with E-state index < -0.39 is 5.60 Å². The van der Waals surface area contributed by atoms with Gasteiger partial charge < -0.3 is 19.3 Å². The summed E-state index contributed by atoms with van der Waals surface area (Å²) < 4.78 is 10.7. The van der Waals surface area contributed by atoms with Crippen LogP contribution in [0.25, 0.3) is 0 Å². The molecule has 0 atom stereocenters. The number of carbonyl (C=O) groups is 1. The van der Waals surface area contributed by atoms with E-state index in [4.69, 9.17) is 9.47 Å². The van der Waals surface area contributed by atoms with Gasteiger partial charge >= 0.3 is 6.09 Å². The van der Waals surface area contributed by atoms with Crippen molar-refractivity contribution in [1.82, 2.24) is 19.7 Å². The number of amides is 1. The minimum atomic E-state index is -0.391. The summed E-state index contributed by atoms with van der Waals surface area (Å²) in [6.07, 6.45) is 11.8. The maximum atomic E-state index is 11.9. The van der Waals surface area contributed by atoms with E-state index in [1.807, 2.05) is 38.8 Å². The first-order valence-electron chi connectivity index (χ1n) is 23.2. The lowest BCUT2D eigenvalue weighted by molar-refractivity contribution is 0.0128. The first-order chi connectivity index (χ1) is 26.3. The monoisotopic (exact) mass is 815 g/mol. The van der Waals surface area contributed by atoms with Gasteiger partial charge in [-0.15, -0.1) is 0 Å². The number of piperidine rings is 2. The number of ether oxygens (including phenoxy) is 2. The second-order valence-corrected chi connectivity index (χ2v) is 24.4. The van der Waals surface area contributed by atoms with Crippen molar-refractivity contribution in [3.05, 3.63) is 29.6 Å². The summed E-state index contributed by atoms with van der Waals surface area (Å²) in [5.74, 6) is 2.52. The van der Waals surface area contributed by atoms with E-state index in [1.54, 1.807) is 0 Å². The smallest absolute Gasteiger partial charge is 0.410 e. The lowest BCUT2D eigenvalue weighted by Crippen LogP contribution is -2.49. The van der Waals surface area contributed by atoms with Crippen molar-refractivity contribution in [3.63, 3.8) is 0 Å². The molecule has 4 aliphatic heterocycles. The van der Waals surface area contributed by atoms with Gasteiger partial charge in [0.25, 0.3) is 0 Å². The standard InChI is InChI=1S/C14H27NO2.C11H17N.C9H19N.C9H18O.C8H17N/c1-13(2,3)11-7-9-15(10-8-11)12(16)17-14(4,5)6;1-9-5-6-10(8-12-9)7-11(2,3)4;1-9(2,3)10-7-5-4-6-8-10;1-9(2,3)8-4-6-10-7-5-8;1-8(2,3)7-5-9(4)6-7/h11H,7-10H2,1-6H3;5-6,8H,7H2,1-4H3;4-8H2,1-3H3;8H,4-7H2,1-3H3;7H,5-6H2,1-4H3.